The van der Waals surface area contributed by atoms with Gasteiger partial charge in [-0.25, -0.2) is 4.79 Å². The maximum atomic E-state index is 12.7. The van der Waals surface area contributed by atoms with Crippen LogP contribution in [-0.2, 0) is 19.6 Å². The van der Waals surface area contributed by atoms with E-state index in [0.717, 1.165) is 22.3 Å². The average molecular weight is 347 g/mol. The fourth-order valence-corrected chi connectivity index (χ4v) is 2.82. The van der Waals surface area contributed by atoms with Crippen molar-refractivity contribution < 1.29 is 17.9 Å². The number of rotatable bonds is 6. The summed E-state index contributed by atoms with van der Waals surface area (Å²) in [6, 6.07) is 9.81. The molecule has 0 aliphatic rings. The van der Waals surface area contributed by atoms with E-state index in [4.69, 9.17) is 0 Å². The lowest BCUT2D eigenvalue weighted by atomic mass is 10.2. The molecule has 126 valence electrons. The summed E-state index contributed by atoms with van der Waals surface area (Å²) in [5.74, 6) is -0.686. The number of hydrazone groups is 1. The van der Waals surface area contributed by atoms with E-state index in [-0.39, 0.29) is 4.90 Å². The number of hydrogen-bond acceptors (Lipinski definition) is 5. The summed E-state index contributed by atoms with van der Waals surface area (Å²) in [7, 11) is -2.75. The lowest BCUT2D eigenvalue weighted by Gasteiger charge is -2.14. The molecule has 2 rings (SSSR count). The van der Waals surface area contributed by atoms with Crippen molar-refractivity contribution in [2.45, 2.75) is 11.8 Å². The molecule has 1 heterocycles. The number of sulfonamides is 1. The topological polar surface area (TPSA) is 91.8 Å². The summed E-state index contributed by atoms with van der Waals surface area (Å²) in [5, 5.41) is 3.94. The van der Waals surface area contributed by atoms with E-state index in [1.165, 1.54) is 25.5 Å². The molecule has 0 atom stereocenters. The van der Waals surface area contributed by atoms with Crippen molar-refractivity contribution in [1.29, 1.82) is 0 Å². The summed E-state index contributed by atoms with van der Waals surface area (Å²) >= 11 is 0. The standard InChI is InChI=1S/C16H17N3O4S/c1-13-5-7-15(8-6-13)24(21,22)19(11-9-16(20)23-2)18-12-14-4-3-10-17-14/h3-12,17H,1-2H3/b11-9+,18-12+. The second kappa shape index (κ2) is 7.60. The molecule has 2 aromatic rings. The molecule has 0 saturated heterocycles. The van der Waals surface area contributed by atoms with Crippen molar-refractivity contribution in [2.75, 3.05) is 7.11 Å². The molecule has 1 aromatic heterocycles. The van der Waals surface area contributed by atoms with Crippen LogP contribution >= 0.6 is 0 Å². The first kappa shape index (κ1) is 17.5. The number of ether oxygens (including phenoxy) is 1. The highest BCUT2D eigenvalue weighted by Crippen LogP contribution is 2.17. The van der Waals surface area contributed by atoms with Crippen LogP contribution in [0.1, 0.15) is 11.3 Å². The fourth-order valence-electron chi connectivity index (χ4n) is 1.74. The number of benzene rings is 1. The normalized spacial score (nSPS) is 11.9. The molecule has 0 aliphatic heterocycles. The van der Waals surface area contributed by atoms with Gasteiger partial charge >= 0.3 is 5.97 Å². The zero-order chi connectivity index (χ0) is 17.6. The molecule has 0 radical (unpaired) electrons. The van der Waals surface area contributed by atoms with Gasteiger partial charge in [0, 0.05) is 18.5 Å². The molecule has 0 amide bonds. The first-order valence-corrected chi connectivity index (χ1v) is 8.42. The highest BCUT2D eigenvalue weighted by Gasteiger charge is 2.21. The van der Waals surface area contributed by atoms with Crippen molar-refractivity contribution in [1.82, 2.24) is 9.40 Å². The van der Waals surface area contributed by atoms with E-state index >= 15 is 0 Å². The molecule has 1 N–H and O–H groups in total. The van der Waals surface area contributed by atoms with Gasteiger partial charge in [0.05, 0.1) is 23.9 Å². The van der Waals surface area contributed by atoms with Gasteiger partial charge < -0.3 is 9.72 Å². The first-order valence-electron chi connectivity index (χ1n) is 6.98. The van der Waals surface area contributed by atoms with Crippen molar-refractivity contribution in [3.8, 4) is 0 Å². The van der Waals surface area contributed by atoms with E-state index < -0.39 is 16.0 Å². The number of methoxy groups -OCH3 is 1. The minimum absolute atomic E-state index is 0.0613. The Morgan fingerprint density at radius 3 is 2.54 bits per heavy atom. The summed E-state index contributed by atoms with van der Waals surface area (Å²) in [6.07, 6.45) is 5.05. The van der Waals surface area contributed by atoms with Crippen LogP contribution in [0, 0.1) is 6.92 Å². The molecular weight excluding hydrogens is 330 g/mol. The second-order valence-electron chi connectivity index (χ2n) is 4.80. The third kappa shape index (κ3) is 4.32. The maximum Gasteiger partial charge on any atom is 0.332 e. The Kier molecular flexibility index (Phi) is 5.54. The van der Waals surface area contributed by atoms with Gasteiger partial charge in [0.1, 0.15) is 0 Å². The van der Waals surface area contributed by atoms with Crippen LogP contribution in [0.4, 0.5) is 0 Å². The quantitative estimate of drug-likeness (QED) is 0.375. The minimum atomic E-state index is -3.95. The number of nitrogens with one attached hydrogen (secondary N) is 1. The molecule has 1 aromatic carbocycles. The molecule has 0 aliphatic carbocycles. The summed E-state index contributed by atoms with van der Waals surface area (Å²) in [4.78, 5) is 14.2. The summed E-state index contributed by atoms with van der Waals surface area (Å²) in [5.41, 5.74) is 1.55. The number of hydrogen-bond donors (Lipinski definition) is 1. The molecule has 0 bridgehead atoms. The molecular formula is C16H17N3O4S. The van der Waals surface area contributed by atoms with E-state index in [0.29, 0.717) is 5.69 Å². The average Bonchev–Trinajstić information content (AvgIpc) is 3.08. The fraction of sp³-hybridized carbons (Fsp3) is 0.125. The molecule has 0 saturated carbocycles. The number of carbonyl (C=O) groups is 1. The molecule has 7 nitrogen and oxygen atoms in total. The highest BCUT2D eigenvalue weighted by molar-refractivity contribution is 7.89. The van der Waals surface area contributed by atoms with Crippen molar-refractivity contribution >= 4 is 22.2 Å². The number of aromatic amines is 1. The van der Waals surface area contributed by atoms with Crippen molar-refractivity contribution in [2.24, 2.45) is 5.10 Å². The van der Waals surface area contributed by atoms with Crippen LogP contribution in [0.5, 0.6) is 0 Å². The first-order chi connectivity index (χ1) is 11.4. The van der Waals surface area contributed by atoms with Crippen LogP contribution in [0.15, 0.2) is 64.9 Å². The Labute approximate surface area is 140 Å². The largest absolute Gasteiger partial charge is 0.466 e. The second-order valence-corrected chi connectivity index (χ2v) is 6.60. The Hall–Kier alpha value is -2.87. The van der Waals surface area contributed by atoms with Gasteiger partial charge in [-0.3, -0.25) is 0 Å². The van der Waals surface area contributed by atoms with Gasteiger partial charge in [0.2, 0.25) is 0 Å². The third-order valence-electron chi connectivity index (χ3n) is 3.04. The van der Waals surface area contributed by atoms with Crippen LogP contribution in [0.25, 0.3) is 0 Å². The van der Waals surface area contributed by atoms with Gasteiger partial charge in [-0.2, -0.15) is 17.9 Å². The SMILES string of the molecule is COC(=O)/C=C/N(/N=C/c1ccc[nH]1)S(=O)(=O)c1ccc(C)cc1. The predicted octanol–water partition coefficient (Wildman–Crippen LogP) is 2.03. The van der Waals surface area contributed by atoms with E-state index in [9.17, 15) is 13.2 Å². The molecule has 0 fully saturated rings. The Balaban J connectivity index is 2.38. The molecule has 8 heteroatoms. The van der Waals surface area contributed by atoms with Gasteiger partial charge in [-0.05, 0) is 31.2 Å². The minimum Gasteiger partial charge on any atom is -0.466 e. The van der Waals surface area contributed by atoms with E-state index in [1.54, 1.807) is 30.5 Å². The smallest absolute Gasteiger partial charge is 0.332 e. The van der Waals surface area contributed by atoms with Gasteiger partial charge in [0.25, 0.3) is 10.0 Å². The zero-order valence-electron chi connectivity index (χ0n) is 13.2. The van der Waals surface area contributed by atoms with Crippen molar-refractivity contribution in [3.63, 3.8) is 0 Å². The van der Waals surface area contributed by atoms with Crippen LogP contribution in [-0.4, -0.2) is 37.1 Å². The Morgan fingerprint density at radius 2 is 1.96 bits per heavy atom. The summed E-state index contributed by atoms with van der Waals surface area (Å²) in [6.45, 7) is 1.86. The lowest BCUT2D eigenvalue weighted by molar-refractivity contribution is -0.134. The number of aryl methyl sites for hydroxylation is 1. The number of aromatic nitrogens is 1. The van der Waals surface area contributed by atoms with E-state index in [1.807, 2.05) is 6.92 Å². The number of esters is 1. The number of H-pyrrole nitrogens is 1. The molecule has 24 heavy (non-hydrogen) atoms. The number of carbonyl (C=O) groups excluding carboxylic acids is 1. The van der Waals surface area contributed by atoms with Gasteiger partial charge in [0.15, 0.2) is 0 Å². The number of nitrogens with zero attached hydrogens (tertiary/aromatic N) is 2. The lowest BCUT2D eigenvalue weighted by Crippen LogP contribution is -2.21. The monoisotopic (exact) mass is 347 g/mol. The Morgan fingerprint density at radius 1 is 1.25 bits per heavy atom. The highest BCUT2D eigenvalue weighted by atomic mass is 32.2. The van der Waals surface area contributed by atoms with Gasteiger partial charge in [-0.1, -0.05) is 17.7 Å². The zero-order valence-corrected chi connectivity index (χ0v) is 14.0. The van der Waals surface area contributed by atoms with Crippen LogP contribution < -0.4 is 0 Å². The van der Waals surface area contributed by atoms with Crippen LogP contribution in [0.3, 0.4) is 0 Å². The molecule has 0 spiro atoms. The Bertz CT molecular complexity index is 838. The van der Waals surface area contributed by atoms with Gasteiger partial charge in [-0.15, -0.1) is 0 Å². The predicted molar refractivity (Wildman–Crippen MR) is 89.7 cm³/mol. The van der Waals surface area contributed by atoms with E-state index in [2.05, 4.69) is 14.8 Å². The van der Waals surface area contributed by atoms with Crippen molar-refractivity contribution in [3.05, 3.63) is 66.1 Å². The van der Waals surface area contributed by atoms with Crippen LogP contribution in [0.2, 0.25) is 0 Å². The molecule has 0 unspecified atom stereocenters. The summed E-state index contributed by atoms with van der Waals surface area (Å²) < 4.78 is 30.6. The maximum absolute atomic E-state index is 12.7. The third-order valence-corrected chi connectivity index (χ3v) is 4.61.